The van der Waals surface area contributed by atoms with Crippen molar-refractivity contribution in [2.75, 3.05) is 27.2 Å². The number of hydrogen-bond donors (Lipinski definition) is 1. The zero-order valence-electron chi connectivity index (χ0n) is 16.7. The van der Waals surface area contributed by atoms with Gasteiger partial charge in [0.2, 0.25) is 0 Å². The molecule has 2 aromatic carbocycles. The summed E-state index contributed by atoms with van der Waals surface area (Å²) in [6, 6.07) is 14.6. The fourth-order valence-electron chi connectivity index (χ4n) is 4.48. The Balaban J connectivity index is 1.42. The molecule has 1 heterocycles. The standard InChI is InChI=1S/C24H28N2O2/c1-26(14-12-17-9-10-21-18(15-17)11-13-25-24(21)27)16-19-5-3-7-22-20(19)6-4-8-23(22)28-2/h4,6,8-11,13,15,19H,3,5,7,12,14,16H2,1-2H3,(H,25,27). The van der Waals surface area contributed by atoms with E-state index in [0.29, 0.717) is 5.92 Å². The highest BCUT2D eigenvalue weighted by atomic mass is 16.5. The normalized spacial score (nSPS) is 16.3. The zero-order chi connectivity index (χ0) is 19.5. The van der Waals surface area contributed by atoms with Crippen LogP contribution in [0.25, 0.3) is 10.8 Å². The molecule has 4 heteroatoms. The third-order valence-electron chi connectivity index (χ3n) is 5.96. The van der Waals surface area contributed by atoms with Crippen LogP contribution in [0.2, 0.25) is 0 Å². The first-order chi connectivity index (χ1) is 13.7. The van der Waals surface area contributed by atoms with Crippen LogP contribution in [0.1, 0.15) is 35.4 Å². The number of ether oxygens (including phenoxy) is 1. The molecule has 3 aromatic rings. The smallest absolute Gasteiger partial charge is 0.255 e. The van der Waals surface area contributed by atoms with Crippen LogP contribution in [0, 0.1) is 0 Å². The number of benzene rings is 2. The Morgan fingerprint density at radius 2 is 2.11 bits per heavy atom. The van der Waals surface area contributed by atoms with Crippen molar-refractivity contribution in [2.45, 2.75) is 31.6 Å². The van der Waals surface area contributed by atoms with Crippen molar-refractivity contribution in [3.63, 3.8) is 0 Å². The van der Waals surface area contributed by atoms with Gasteiger partial charge < -0.3 is 14.6 Å². The summed E-state index contributed by atoms with van der Waals surface area (Å²) in [5.41, 5.74) is 4.11. The molecule has 0 fully saturated rings. The van der Waals surface area contributed by atoms with E-state index >= 15 is 0 Å². The van der Waals surface area contributed by atoms with Crippen molar-refractivity contribution in [3.05, 3.63) is 75.7 Å². The van der Waals surface area contributed by atoms with Gasteiger partial charge in [0.15, 0.2) is 0 Å². The van der Waals surface area contributed by atoms with Crippen LogP contribution in [0.15, 0.2) is 53.5 Å². The number of aromatic nitrogens is 1. The van der Waals surface area contributed by atoms with Gasteiger partial charge in [-0.05, 0) is 78.9 Å². The summed E-state index contributed by atoms with van der Waals surface area (Å²) in [6.45, 7) is 2.07. The summed E-state index contributed by atoms with van der Waals surface area (Å²) in [5.74, 6) is 1.61. The largest absolute Gasteiger partial charge is 0.496 e. The summed E-state index contributed by atoms with van der Waals surface area (Å²) in [7, 11) is 3.98. The van der Waals surface area contributed by atoms with Crippen molar-refractivity contribution >= 4 is 10.8 Å². The van der Waals surface area contributed by atoms with E-state index < -0.39 is 0 Å². The molecule has 4 nitrogen and oxygen atoms in total. The summed E-state index contributed by atoms with van der Waals surface area (Å²) >= 11 is 0. The molecule has 0 aliphatic heterocycles. The van der Waals surface area contributed by atoms with Gasteiger partial charge in [-0.1, -0.05) is 24.3 Å². The first kappa shape index (κ1) is 18.8. The monoisotopic (exact) mass is 376 g/mol. The number of pyridine rings is 1. The summed E-state index contributed by atoms with van der Waals surface area (Å²) < 4.78 is 5.58. The predicted molar refractivity (Wildman–Crippen MR) is 114 cm³/mol. The maximum absolute atomic E-state index is 11.9. The Morgan fingerprint density at radius 1 is 1.21 bits per heavy atom. The average Bonchev–Trinajstić information content (AvgIpc) is 2.72. The van der Waals surface area contributed by atoms with Gasteiger partial charge in [0, 0.05) is 24.7 Å². The second kappa shape index (κ2) is 8.19. The summed E-state index contributed by atoms with van der Waals surface area (Å²) in [5, 5.41) is 1.77. The van der Waals surface area contributed by atoms with Crippen molar-refractivity contribution in [2.24, 2.45) is 0 Å². The number of likely N-dealkylation sites (N-methyl/N-ethyl adjacent to an activating group) is 1. The van der Waals surface area contributed by atoms with E-state index in [1.54, 1.807) is 13.3 Å². The van der Waals surface area contributed by atoms with E-state index in [4.69, 9.17) is 4.74 Å². The van der Waals surface area contributed by atoms with Crippen LogP contribution >= 0.6 is 0 Å². The summed E-state index contributed by atoms with van der Waals surface area (Å²) in [4.78, 5) is 17.0. The van der Waals surface area contributed by atoms with Crippen LogP contribution in [0.3, 0.4) is 0 Å². The van der Waals surface area contributed by atoms with E-state index in [9.17, 15) is 4.79 Å². The minimum absolute atomic E-state index is 0.0208. The fourth-order valence-corrected chi connectivity index (χ4v) is 4.48. The van der Waals surface area contributed by atoms with E-state index in [1.807, 2.05) is 12.1 Å². The maximum Gasteiger partial charge on any atom is 0.255 e. The maximum atomic E-state index is 11.9. The number of aromatic amines is 1. The van der Waals surface area contributed by atoms with E-state index in [-0.39, 0.29) is 5.56 Å². The Morgan fingerprint density at radius 3 is 2.96 bits per heavy atom. The zero-order valence-corrected chi connectivity index (χ0v) is 16.7. The third kappa shape index (κ3) is 3.83. The van der Waals surface area contributed by atoms with Gasteiger partial charge in [0.05, 0.1) is 7.11 Å². The molecule has 1 unspecified atom stereocenters. The van der Waals surface area contributed by atoms with Gasteiger partial charge in [-0.3, -0.25) is 4.79 Å². The minimum Gasteiger partial charge on any atom is -0.496 e. The average molecular weight is 376 g/mol. The quantitative estimate of drug-likeness (QED) is 0.703. The molecule has 1 aliphatic rings. The molecule has 0 radical (unpaired) electrons. The van der Waals surface area contributed by atoms with E-state index in [2.05, 4.69) is 47.3 Å². The molecule has 1 atom stereocenters. The molecule has 0 spiro atoms. The first-order valence-corrected chi connectivity index (χ1v) is 10.1. The fraction of sp³-hybridized carbons (Fsp3) is 0.375. The number of methoxy groups -OCH3 is 1. The van der Waals surface area contributed by atoms with E-state index in [0.717, 1.165) is 42.5 Å². The lowest BCUT2D eigenvalue weighted by Crippen LogP contribution is -2.28. The molecule has 0 saturated heterocycles. The van der Waals surface area contributed by atoms with Gasteiger partial charge >= 0.3 is 0 Å². The van der Waals surface area contributed by atoms with Gasteiger partial charge in [-0.15, -0.1) is 0 Å². The summed E-state index contributed by atoms with van der Waals surface area (Å²) in [6.07, 6.45) is 6.29. The third-order valence-corrected chi connectivity index (χ3v) is 5.96. The molecule has 1 N–H and O–H groups in total. The molecule has 1 aromatic heterocycles. The molecular formula is C24H28N2O2. The number of hydrogen-bond acceptors (Lipinski definition) is 3. The lowest BCUT2D eigenvalue weighted by atomic mass is 9.82. The van der Waals surface area contributed by atoms with Crippen LogP contribution in [-0.2, 0) is 12.8 Å². The molecule has 4 rings (SSSR count). The number of nitrogens with one attached hydrogen (secondary N) is 1. The number of rotatable bonds is 6. The molecule has 0 amide bonds. The van der Waals surface area contributed by atoms with E-state index in [1.165, 1.54) is 29.5 Å². The SMILES string of the molecule is COc1cccc2c1CCCC2CN(C)CCc1ccc2c(=O)[nH]ccc2c1. The Kier molecular flexibility index (Phi) is 5.49. The van der Waals surface area contributed by atoms with Crippen molar-refractivity contribution in [1.29, 1.82) is 0 Å². The van der Waals surface area contributed by atoms with Crippen LogP contribution in [-0.4, -0.2) is 37.1 Å². The Labute approximate surface area is 166 Å². The molecule has 1 aliphatic carbocycles. The van der Waals surface area contributed by atoms with Crippen molar-refractivity contribution in [3.8, 4) is 5.75 Å². The Hall–Kier alpha value is -2.59. The van der Waals surface area contributed by atoms with Gasteiger partial charge in [-0.25, -0.2) is 0 Å². The second-order valence-corrected chi connectivity index (χ2v) is 7.86. The molecule has 28 heavy (non-hydrogen) atoms. The van der Waals surface area contributed by atoms with Gasteiger partial charge in [0.1, 0.15) is 5.75 Å². The van der Waals surface area contributed by atoms with Crippen LogP contribution in [0.4, 0.5) is 0 Å². The lowest BCUT2D eigenvalue weighted by Gasteiger charge is -2.30. The highest BCUT2D eigenvalue weighted by molar-refractivity contribution is 5.81. The Bertz CT molecular complexity index is 1020. The minimum atomic E-state index is -0.0208. The topological polar surface area (TPSA) is 45.3 Å². The van der Waals surface area contributed by atoms with Crippen molar-refractivity contribution < 1.29 is 4.74 Å². The lowest BCUT2D eigenvalue weighted by molar-refractivity contribution is 0.299. The van der Waals surface area contributed by atoms with Gasteiger partial charge in [-0.2, -0.15) is 0 Å². The predicted octanol–water partition coefficient (Wildman–Crippen LogP) is 4.13. The van der Waals surface area contributed by atoms with Crippen LogP contribution < -0.4 is 10.3 Å². The number of nitrogens with zero attached hydrogens (tertiary/aromatic N) is 1. The molecular weight excluding hydrogens is 348 g/mol. The molecule has 146 valence electrons. The number of H-pyrrole nitrogens is 1. The van der Waals surface area contributed by atoms with Gasteiger partial charge in [0.25, 0.3) is 5.56 Å². The molecule has 0 bridgehead atoms. The second-order valence-electron chi connectivity index (χ2n) is 7.86. The first-order valence-electron chi connectivity index (χ1n) is 10.1. The molecule has 0 saturated carbocycles. The highest BCUT2D eigenvalue weighted by Crippen LogP contribution is 2.36. The van der Waals surface area contributed by atoms with Crippen molar-refractivity contribution in [1.82, 2.24) is 9.88 Å². The number of fused-ring (bicyclic) bond motifs is 2. The van der Waals surface area contributed by atoms with Crippen LogP contribution in [0.5, 0.6) is 5.75 Å². The highest BCUT2D eigenvalue weighted by Gasteiger charge is 2.23.